The summed E-state index contributed by atoms with van der Waals surface area (Å²) in [5.41, 5.74) is 0. The Kier molecular flexibility index (Phi) is 11.8. The van der Waals surface area contributed by atoms with Gasteiger partial charge in [0.1, 0.15) is 0 Å². The predicted octanol–water partition coefficient (Wildman–Crippen LogP) is 1.34. The normalized spacial score (nSPS) is 11.8. The molecule has 0 amide bonds. The van der Waals surface area contributed by atoms with Gasteiger partial charge in [-0.05, 0) is 9.13 Å². The Balaban J connectivity index is 0. The third kappa shape index (κ3) is 12.1. The SMILES string of the molecule is C[P+](=O)OCO[P+](C)=O.[Ca]. The quantitative estimate of drug-likeness (QED) is 0.399. The summed E-state index contributed by atoms with van der Waals surface area (Å²) in [5, 5.41) is 0. The zero-order valence-electron chi connectivity index (χ0n) is 5.94. The molecule has 7 heteroatoms. The van der Waals surface area contributed by atoms with Crippen LogP contribution in [0.5, 0.6) is 0 Å². The van der Waals surface area contributed by atoms with Crippen molar-refractivity contribution in [2.24, 2.45) is 0 Å². The van der Waals surface area contributed by atoms with E-state index in [4.69, 9.17) is 0 Å². The van der Waals surface area contributed by atoms with Crippen LogP contribution < -0.4 is 0 Å². The van der Waals surface area contributed by atoms with Crippen LogP contribution in [0, 0.1) is 0 Å². The molecule has 0 spiro atoms. The first-order valence-corrected chi connectivity index (χ1v) is 5.45. The molecule has 2 unspecified atom stereocenters. The monoisotopic (exact) mass is 210 g/mol. The van der Waals surface area contributed by atoms with Crippen molar-refractivity contribution in [1.29, 1.82) is 0 Å². The van der Waals surface area contributed by atoms with E-state index in [0.717, 1.165) is 0 Å². The second-order valence-electron chi connectivity index (χ2n) is 1.26. The summed E-state index contributed by atoms with van der Waals surface area (Å²) in [6, 6.07) is 0. The Bertz CT molecular complexity index is 114. The first kappa shape index (κ1) is 13.9. The summed E-state index contributed by atoms with van der Waals surface area (Å²) in [6.07, 6.45) is 0. The van der Waals surface area contributed by atoms with Crippen LogP contribution >= 0.6 is 16.1 Å². The number of hydrogen-bond acceptors (Lipinski definition) is 4. The molecule has 0 heterocycles. The van der Waals surface area contributed by atoms with Crippen molar-refractivity contribution >= 4 is 53.8 Å². The summed E-state index contributed by atoms with van der Waals surface area (Å²) < 4.78 is 29.3. The van der Waals surface area contributed by atoms with Crippen LogP contribution in [0.15, 0.2) is 0 Å². The Morgan fingerprint density at radius 3 is 1.60 bits per heavy atom. The van der Waals surface area contributed by atoms with Gasteiger partial charge in [0.05, 0.1) is 0 Å². The summed E-state index contributed by atoms with van der Waals surface area (Å²) in [5.74, 6) is 0. The first-order chi connectivity index (χ1) is 4.13. The van der Waals surface area contributed by atoms with Crippen LogP contribution in [-0.2, 0) is 18.2 Å². The van der Waals surface area contributed by atoms with Gasteiger partial charge in [-0.1, -0.05) is 0 Å². The van der Waals surface area contributed by atoms with Crippen molar-refractivity contribution in [3.63, 3.8) is 0 Å². The van der Waals surface area contributed by atoms with Crippen LogP contribution in [0.25, 0.3) is 0 Å². The fraction of sp³-hybridized carbons (Fsp3) is 1.00. The first-order valence-electron chi connectivity index (χ1n) is 2.20. The van der Waals surface area contributed by atoms with Gasteiger partial charge in [-0.15, -0.1) is 9.05 Å². The van der Waals surface area contributed by atoms with E-state index in [0.29, 0.717) is 0 Å². The van der Waals surface area contributed by atoms with Gasteiger partial charge in [-0.25, -0.2) is 0 Å². The largest absolute Gasteiger partial charge is 0.507 e. The number of hydrogen-bond donors (Lipinski definition) is 0. The maximum Gasteiger partial charge on any atom is 0.507 e. The van der Waals surface area contributed by atoms with Crippen molar-refractivity contribution in [1.82, 2.24) is 0 Å². The molecule has 54 valence electrons. The molecule has 0 rings (SSSR count). The van der Waals surface area contributed by atoms with Crippen LogP contribution in [0.4, 0.5) is 0 Å². The molecular formula is C3H8CaO4P2+2. The van der Waals surface area contributed by atoms with E-state index in [1.165, 1.54) is 13.3 Å². The Hall–Kier alpha value is 1.38. The van der Waals surface area contributed by atoms with Crippen molar-refractivity contribution in [2.75, 3.05) is 20.1 Å². The van der Waals surface area contributed by atoms with Gasteiger partial charge in [0.2, 0.25) is 0 Å². The van der Waals surface area contributed by atoms with Crippen molar-refractivity contribution in [3.05, 3.63) is 0 Å². The molecule has 4 nitrogen and oxygen atoms in total. The number of rotatable bonds is 4. The topological polar surface area (TPSA) is 52.6 Å². The maximum atomic E-state index is 10.2. The molecule has 10 heavy (non-hydrogen) atoms. The molecule has 0 bridgehead atoms. The van der Waals surface area contributed by atoms with E-state index in [1.54, 1.807) is 0 Å². The second kappa shape index (κ2) is 8.48. The minimum Gasteiger partial charge on any atom is -0.113 e. The Morgan fingerprint density at radius 1 is 1.10 bits per heavy atom. The van der Waals surface area contributed by atoms with Gasteiger partial charge in [0, 0.05) is 37.7 Å². The average Bonchev–Trinajstić information content (AvgIpc) is 1.63. The summed E-state index contributed by atoms with van der Waals surface area (Å²) in [7, 11) is -3.27. The molecule has 0 aliphatic carbocycles. The van der Waals surface area contributed by atoms with E-state index in [-0.39, 0.29) is 44.5 Å². The molecule has 2 atom stereocenters. The zero-order chi connectivity index (χ0) is 7.28. The zero-order valence-corrected chi connectivity index (χ0v) is 9.94. The van der Waals surface area contributed by atoms with E-state index in [2.05, 4.69) is 9.05 Å². The molecule has 0 aliphatic heterocycles. The van der Waals surface area contributed by atoms with Gasteiger partial charge in [0.15, 0.2) is 13.3 Å². The molecule has 0 aromatic rings. The third-order valence-corrected chi connectivity index (χ3v) is 1.41. The molecule has 2 radical (unpaired) electrons. The fourth-order valence-electron chi connectivity index (χ4n) is 0.172. The molecule has 0 N–H and O–H groups in total. The minimum atomic E-state index is -1.63. The molecule has 0 fully saturated rings. The van der Waals surface area contributed by atoms with Gasteiger partial charge in [-0.2, -0.15) is 0 Å². The average molecular weight is 210 g/mol. The van der Waals surface area contributed by atoms with Crippen molar-refractivity contribution in [2.45, 2.75) is 0 Å². The molecule has 0 saturated heterocycles. The van der Waals surface area contributed by atoms with E-state index >= 15 is 0 Å². The van der Waals surface area contributed by atoms with Gasteiger partial charge in [0.25, 0.3) is 6.79 Å². The maximum absolute atomic E-state index is 10.2. The van der Waals surface area contributed by atoms with Gasteiger partial charge >= 0.3 is 16.1 Å². The van der Waals surface area contributed by atoms with Crippen LogP contribution in [0.3, 0.4) is 0 Å². The summed E-state index contributed by atoms with van der Waals surface area (Å²) >= 11 is 0. The van der Waals surface area contributed by atoms with Crippen LogP contribution in [0.1, 0.15) is 0 Å². The molecule has 0 saturated carbocycles. The van der Waals surface area contributed by atoms with E-state index in [9.17, 15) is 9.13 Å². The van der Waals surface area contributed by atoms with Gasteiger partial charge in [-0.3, -0.25) is 0 Å². The fourth-order valence-corrected chi connectivity index (χ4v) is 0.657. The van der Waals surface area contributed by atoms with E-state index < -0.39 is 16.1 Å². The third-order valence-electron chi connectivity index (χ3n) is 0.469. The van der Waals surface area contributed by atoms with Gasteiger partial charge < -0.3 is 0 Å². The Morgan fingerprint density at radius 2 is 1.40 bits per heavy atom. The van der Waals surface area contributed by atoms with Crippen LogP contribution in [-0.4, -0.2) is 57.9 Å². The molecule has 0 aromatic heterocycles. The van der Waals surface area contributed by atoms with Crippen LogP contribution in [0.2, 0.25) is 0 Å². The smallest absolute Gasteiger partial charge is 0.113 e. The molecular weight excluding hydrogens is 202 g/mol. The van der Waals surface area contributed by atoms with Crippen molar-refractivity contribution in [3.8, 4) is 0 Å². The minimum absolute atomic E-state index is 0. The molecule has 0 aromatic carbocycles. The predicted molar refractivity (Wildman–Crippen MR) is 39.9 cm³/mol. The molecule has 0 aliphatic rings. The Labute approximate surface area is 91.4 Å². The summed E-state index contributed by atoms with van der Waals surface area (Å²) in [4.78, 5) is 0. The van der Waals surface area contributed by atoms with Crippen molar-refractivity contribution < 1.29 is 18.2 Å². The second-order valence-corrected chi connectivity index (χ2v) is 3.53. The van der Waals surface area contributed by atoms with E-state index in [1.807, 2.05) is 0 Å². The standard InChI is InChI=1S/C3H8O4P2.Ca/c1-8(4)6-3-7-9(2)5;/h3H2,1-2H3;/q+2;. The summed E-state index contributed by atoms with van der Waals surface area (Å²) in [6.45, 7) is 2.65.